The Labute approximate surface area is 105 Å². The summed E-state index contributed by atoms with van der Waals surface area (Å²) >= 11 is 0. The van der Waals surface area contributed by atoms with E-state index >= 15 is 0 Å². The first kappa shape index (κ1) is 14.5. The second-order valence-electron chi connectivity index (χ2n) is 5.86. The molecule has 0 spiro atoms. The lowest BCUT2D eigenvalue weighted by Crippen LogP contribution is -2.37. The van der Waals surface area contributed by atoms with Crippen LogP contribution in [0, 0.1) is 29.6 Å². The molecule has 100 valence electrons. The Bertz CT molecular complexity index is 250. The molecule has 3 heteroatoms. The van der Waals surface area contributed by atoms with E-state index in [4.69, 9.17) is 4.74 Å². The quantitative estimate of drug-likeness (QED) is 0.806. The number of carboxylic acid groups (broad SMARTS) is 1. The van der Waals surface area contributed by atoms with E-state index in [0.717, 1.165) is 19.3 Å². The fraction of sp³-hybridized carbons (Fsp3) is 0.929. The van der Waals surface area contributed by atoms with Crippen LogP contribution in [0.5, 0.6) is 0 Å². The van der Waals surface area contributed by atoms with E-state index in [9.17, 15) is 9.90 Å². The summed E-state index contributed by atoms with van der Waals surface area (Å²) in [5.74, 6) is 1.14. The first-order valence-electron chi connectivity index (χ1n) is 6.69. The summed E-state index contributed by atoms with van der Waals surface area (Å²) in [6.07, 6.45) is 2.93. The molecule has 1 rings (SSSR count). The highest BCUT2D eigenvalue weighted by Crippen LogP contribution is 2.41. The fourth-order valence-corrected chi connectivity index (χ4v) is 3.17. The molecule has 0 amide bonds. The van der Waals surface area contributed by atoms with Gasteiger partial charge in [0.05, 0.1) is 5.92 Å². The average Bonchev–Trinajstić information content (AvgIpc) is 2.28. The van der Waals surface area contributed by atoms with E-state index in [-0.39, 0.29) is 11.8 Å². The van der Waals surface area contributed by atoms with E-state index in [1.165, 1.54) is 0 Å². The first-order valence-corrected chi connectivity index (χ1v) is 6.69. The molecule has 0 aliphatic heterocycles. The van der Waals surface area contributed by atoms with Gasteiger partial charge in [-0.15, -0.1) is 0 Å². The Morgan fingerprint density at radius 1 is 1.35 bits per heavy atom. The molecular formula is C14H26O3. The molecule has 4 atom stereocenters. The lowest BCUT2D eigenvalue weighted by atomic mass is 9.66. The molecule has 0 aromatic rings. The van der Waals surface area contributed by atoms with Crippen LogP contribution in [0.15, 0.2) is 0 Å². The van der Waals surface area contributed by atoms with Crippen molar-refractivity contribution in [1.82, 2.24) is 0 Å². The van der Waals surface area contributed by atoms with Gasteiger partial charge in [0.25, 0.3) is 0 Å². The van der Waals surface area contributed by atoms with Crippen LogP contribution in [-0.4, -0.2) is 24.8 Å². The van der Waals surface area contributed by atoms with E-state index in [0.29, 0.717) is 24.4 Å². The van der Waals surface area contributed by atoms with Crippen molar-refractivity contribution in [3.8, 4) is 0 Å². The Hall–Kier alpha value is -0.570. The van der Waals surface area contributed by atoms with Crippen molar-refractivity contribution in [2.45, 2.75) is 40.0 Å². The highest BCUT2D eigenvalue weighted by Gasteiger charge is 2.38. The maximum Gasteiger partial charge on any atom is 0.306 e. The summed E-state index contributed by atoms with van der Waals surface area (Å²) in [6.45, 7) is 7.26. The normalized spacial score (nSPS) is 31.5. The van der Waals surface area contributed by atoms with Crippen LogP contribution < -0.4 is 0 Å². The molecule has 1 aliphatic rings. The van der Waals surface area contributed by atoms with Crippen LogP contribution in [0.25, 0.3) is 0 Å². The molecular weight excluding hydrogens is 216 g/mol. The monoisotopic (exact) mass is 242 g/mol. The first-order chi connectivity index (χ1) is 7.97. The highest BCUT2D eigenvalue weighted by molar-refractivity contribution is 5.70. The van der Waals surface area contributed by atoms with Crippen molar-refractivity contribution >= 4 is 5.97 Å². The second kappa shape index (κ2) is 6.39. The number of hydrogen-bond acceptors (Lipinski definition) is 2. The van der Waals surface area contributed by atoms with Crippen molar-refractivity contribution in [3.63, 3.8) is 0 Å². The van der Waals surface area contributed by atoms with Crippen LogP contribution in [-0.2, 0) is 9.53 Å². The largest absolute Gasteiger partial charge is 0.481 e. The SMILES string of the molecule is COCC(C)C1CC(C(C)C)CCC1C(=O)O. The van der Waals surface area contributed by atoms with Gasteiger partial charge in [-0.05, 0) is 42.9 Å². The number of aliphatic carboxylic acids is 1. The van der Waals surface area contributed by atoms with Gasteiger partial charge < -0.3 is 9.84 Å². The third-order valence-electron chi connectivity index (χ3n) is 4.36. The number of hydrogen-bond donors (Lipinski definition) is 1. The lowest BCUT2D eigenvalue weighted by Gasteiger charge is -2.38. The molecule has 1 aliphatic carbocycles. The third kappa shape index (κ3) is 3.70. The second-order valence-corrected chi connectivity index (χ2v) is 5.86. The molecule has 0 heterocycles. The number of methoxy groups -OCH3 is 1. The van der Waals surface area contributed by atoms with Gasteiger partial charge in [0.2, 0.25) is 0 Å². The van der Waals surface area contributed by atoms with Gasteiger partial charge in [0.15, 0.2) is 0 Å². The molecule has 0 radical (unpaired) electrons. The lowest BCUT2D eigenvalue weighted by molar-refractivity contribution is -0.147. The minimum Gasteiger partial charge on any atom is -0.481 e. The highest BCUT2D eigenvalue weighted by atomic mass is 16.5. The number of carbonyl (C=O) groups is 1. The van der Waals surface area contributed by atoms with Crippen molar-refractivity contribution in [2.24, 2.45) is 29.6 Å². The molecule has 0 saturated heterocycles. The van der Waals surface area contributed by atoms with Crippen molar-refractivity contribution in [2.75, 3.05) is 13.7 Å². The number of rotatable bonds is 5. The molecule has 1 saturated carbocycles. The smallest absolute Gasteiger partial charge is 0.306 e. The standard InChI is InChI=1S/C14H26O3/c1-9(2)11-5-6-12(14(15)16)13(7-11)10(3)8-17-4/h9-13H,5-8H2,1-4H3,(H,15,16). The summed E-state index contributed by atoms with van der Waals surface area (Å²) in [4.78, 5) is 11.3. The molecule has 1 N–H and O–H groups in total. The fourth-order valence-electron chi connectivity index (χ4n) is 3.17. The topological polar surface area (TPSA) is 46.5 Å². The van der Waals surface area contributed by atoms with E-state index in [1.807, 2.05) is 0 Å². The van der Waals surface area contributed by atoms with E-state index < -0.39 is 5.97 Å². The summed E-state index contributed by atoms with van der Waals surface area (Å²) in [5.41, 5.74) is 0. The molecule has 4 unspecified atom stereocenters. The zero-order valence-electron chi connectivity index (χ0n) is 11.5. The maximum atomic E-state index is 11.3. The van der Waals surface area contributed by atoms with Gasteiger partial charge in [0, 0.05) is 13.7 Å². The van der Waals surface area contributed by atoms with Gasteiger partial charge in [-0.3, -0.25) is 4.79 Å². The predicted molar refractivity (Wildman–Crippen MR) is 67.8 cm³/mol. The zero-order chi connectivity index (χ0) is 13.0. The van der Waals surface area contributed by atoms with Gasteiger partial charge >= 0.3 is 5.97 Å². The van der Waals surface area contributed by atoms with Crippen molar-refractivity contribution < 1.29 is 14.6 Å². The van der Waals surface area contributed by atoms with Crippen LogP contribution in [0.4, 0.5) is 0 Å². The minimum absolute atomic E-state index is 0.171. The van der Waals surface area contributed by atoms with Gasteiger partial charge in [-0.25, -0.2) is 0 Å². The molecule has 3 nitrogen and oxygen atoms in total. The molecule has 0 bridgehead atoms. The molecule has 1 fully saturated rings. The minimum atomic E-state index is -0.625. The van der Waals surface area contributed by atoms with Gasteiger partial charge in [-0.2, -0.15) is 0 Å². The van der Waals surface area contributed by atoms with Gasteiger partial charge in [0.1, 0.15) is 0 Å². The predicted octanol–water partition coefficient (Wildman–Crippen LogP) is 3.04. The third-order valence-corrected chi connectivity index (χ3v) is 4.36. The summed E-state index contributed by atoms with van der Waals surface area (Å²) in [7, 11) is 1.69. The Balaban J connectivity index is 2.72. The molecule has 0 aromatic carbocycles. The Morgan fingerprint density at radius 2 is 2.00 bits per heavy atom. The molecule has 0 aromatic heterocycles. The van der Waals surface area contributed by atoms with Crippen molar-refractivity contribution in [1.29, 1.82) is 0 Å². The van der Waals surface area contributed by atoms with Crippen LogP contribution in [0.1, 0.15) is 40.0 Å². The Kier molecular flexibility index (Phi) is 5.44. The molecule has 17 heavy (non-hydrogen) atoms. The van der Waals surface area contributed by atoms with Crippen LogP contribution in [0.3, 0.4) is 0 Å². The summed E-state index contributed by atoms with van der Waals surface area (Å²) in [5, 5.41) is 9.31. The van der Waals surface area contributed by atoms with E-state index in [1.54, 1.807) is 7.11 Å². The van der Waals surface area contributed by atoms with Gasteiger partial charge in [-0.1, -0.05) is 20.8 Å². The average molecular weight is 242 g/mol. The van der Waals surface area contributed by atoms with E-state index in [2.05, 4.69) is 20.8 Å². The maximum absolute atomic E-state index is 11.3. The number of carboxylic acids is 1. The van der Waals surface area contributed by atoms with Crippen molar-refractivity contribution in [3.05, 3.63) is 0 Å². The summed E-state index contributed by atoms with van der Waals surface area (Å²) in [6, 6.07) is 0. The summed E-state index contributed by atoms with van der Waals surface area (Å²) < 4.78 is 5.19. The Morgan fingerprint density at radius 3 is 2.47 bits per heavy atom. The van der Waals surface area contributed by atoms with Crippen LogP contribution in [0.2, 0.25) is 0 Å². The number of ether oxygens (including phenoxy) is 1. The zero-order valence-corrected chi connectivity index (χ0v) is 11.5. The van der Waals surface area contributed by atoms with Crippen LogP contribution >= 0.6 is 0 Å².